The van der Waals surface area contributed by atoms with Gasteiger partial charge in [0.25, 0.3) is 0 Å². The molecule has 16 aromatic heterocycles. The summed E-state index contributed by atoms with van der Waals surface area (Å²) in [6.45, 7) is 0. The summed E-state index contributed by atoms with van der Waals surface area (Å²) in [5.74, 6) is 0. The Bertz CT molecular complexity index is 9460. The van der Waals surface area contributed by atoms with Crippen LogP contribution in [0.15, 0.2) is 341 Å². The molecule has 16 nitrogen and oxygen atoms in total. The molecule has 140 heavy (non-hydrogen) atoms. The Hall–Kier alpha value is -18.3. The first-order chi connectivity index (χ1) is 69.4. The van der Waals surface area contributed by atoms with Crippen LogP contribution in [0.5, 0.6) is 0 Å². The van der Waals surface area contributed by atoms with Crippen molar-refractivity contribution >= 4 is 154 Å². The third kappa shape index (κ3) is 10.3. The number of nitrogens with zero attached hydrogens (tertiary/aromatic N) is 16. The van der Waals surface area contributed by atoms with Crippen LogP contribution in [0.1, 0.15) is 89.0 Å². The fourth-order valence-corrected chi connectivity index (χ4v) is 25.8. The minimum Gasteiger partial charge on any atom is -0.275 e. The summed E-state index contributed by atoms with van der Waals surface area (Å²) in [7, 11) is 0. The van der Waals surface area contributed by atoms with Crippen LogP contribution in [0.2, 0.25) is 0 Å². The molecule has 0 spiro atoms. The molecule has 0 radical (unpaired) electrons. The van der Waals surface area contributed by atoms with Crippen molar-refractivity contribution in [2.24, 2.45) is 0 Å². The average molecular weight is 1790 g/mol. The van der Waals surface area contributed by atoms with E-state index in [1.807, 2.05) is 98.4 Å². The smallest absolute Gasteiger partial charge is 0.166 e. The third-order valence-corrected chi connectivity index (χ3v) is 31.6. The van der Waals surface area contributed by atoms with Crippen molar-refractivity contribution < 1.29 is 0 Å². The van der Waals surface area contributed by atoms with E-state index in [-0.39, 0.29) is 0 Å². The van der Waals surface area contributed by atoms with Gasteiger partial charge in [-0.2, -0.15) is 0 Å². The van der Waals surface area contributed by atoms with Crippen molar-refractivity contribution in [2.45, 2.75) is 51.4 Å². The zero-order chi connectivity index (χ0) is 90.7. The summed E-state index contributed by atoms with van der Waals surface area (Å²) in [4.78, 5) is 58.2. The number of benzene rings is 12. The third-order valence-electron chi connectivity index (χ3n) is 31.6. The molecule has 12 aromatic carbocycles. The molecule has 8 aliphatic carbocycles. The molecule has 648 valence electrons. The average Bonchev–Trinajstić information content (AvgIpc) is 1.55. The lowest BCUT2D eigenvalue weighted by molar-refractivity contribution is 1.21. The van der Waals surface area contributed by atoms with Crippen LogP contribution < -0.4 is 0 Å². The molecule has 0 saturated heterocycles. The highest BCUT2D eigenvalue weighted by Crippen LogP contribution is 2.55. The number of hydrogen-bond donors (Lipinski definition) is 0. The quantitative estimate of drug-likeness (QED) is 0.132. The molecule has 0 unspecified atom stereocenters. The molecule has 28 aromatic rings. The summed E-state index contributed by atoms with van der Waals surface area (Å²) in [6.07, 6.45) is 26.7. The lowest BCUT2D eigenvalue weighted by atomic mass is 9.97. The molecular formula is C124H72N16. The van der Waals surface area contributed by atoms with E-state index in [0.29, 0.717) is 0 Å². The first kappa shape index (κ1) is 75.1. The fraction of sp³-hybridized carbons (Fsp3) is 0.0645. The van der Waals surface area contributed by atoms with E-state index in [2.05, 4.69) is 270 Å². The van der Waals surface area contributed by atoms with E-state index in [1.165, 1.54) is 178 Å². The molecule has 36 rings (SSSR count). The summed E-state index contributed by atoms with van der Waals surface area (Å²) >= 11 is 0. The first-order valence-corrected chi connectivity index (χ1v) is 48.2. The van der Waals surface area contributed by atoms with Crippen molar-refractivity contribution in [3.05, 3.63) is 430 Å². The van der Waals surface area contributed by atoms with Gasteiger partial charge in [-0.25, -0.2) is 39.9 Å². The maximum absolute atomic E-state index is 5.15. The normalized spacial score (nSPS) is 13.5. The topological polar surface area (TPSA) is 172 Å². The maximum Gasteiger partial charge on any atom is 0.166 e. The number of aromatic nitrogens is 16. The van der Waals surface area contributed by atoms with Crippen molar-refractivity contribution in [3.63, 3.8) is 0 Å². The number of fused-ring (bicyclic) bond motifs is 60. The second kappa shape index (κ2) is 27.7. The van der Waals surface area contributed by atoms with Crippen LogP contribution in [-0.4, -0.2) is 77.4 Å². The molecule has 0 fully saturated rings. The second-order valence-electron chi connectivity index (χ2n) is 38.8. The van der Waals surface area contributed by atoms with Gasteiger partial charge in [-0.15, -0.1) is 0 Å². The zero-order valence-corrected chi connectivity index (χ0v) is 75.1. The standard InChI is InChI=1S/4C31H18N4/c1-2-6-21-17(5-1)13-19-15-20-14-18-9-10-26-29(27(18)25(20)16-24(19)21)35-30-22(7-4-12-33-30)28-23(31(35)34-26)8-3-11-32-28;1-2-6-21-17(5-1)13-19-15-20-14-18-9-10-26-29(27(18)25(20)16-24(19)21)35-30-23(8-4-12-33-30)22-7-3-11-32-28(22)31(35)34-26;1-2-5-21-17(4-1)12-19-14-20-13-18-7-8-27-29(28(18)25(20)15-24(19)21)35-30-23(6-3-10-33-30)22-9-11-32-16-26(22)31(35)34-27;1-2-5-21-17(4-1)12-19-14-20-13-18-7-8-27-29(28(18)25(20)15-24(19)21)35-30-22(6-3-10-33-30)26-16-32-11-9-23(26)31(35)34-27/h2*1-12,15-16H,13-14H2;2*1-11,14-16H,12-13H2. The van der Waals surface area contributed by atoms with E-state index in [9.17, 15) is 0 Å². The number of hydrogen-bond acceptors (Lipinski definition) is 12. The van der Waals surface area contributed by atoms with Gasteiger partial charge in [0.05, 0.1) is 49.7 Å². The molecule has 0 aliphatic heterocycles. The Morgan fingerprint density at radius 3 is 0.850 bits per heavy atom. The Morgan fingerprint density at radius 2 is 0.443 bits per heavy atom. The highest BCUT2D eigenvalue weighted by atomic mass is 15.1. The van der Waals surface area contributed by atoms with Gasteiger partial charge in [-0.05, 0) is 340 Å². The molecule has 0 amide bonds. The van der Waals surface area contributed by atoms with E-state index in [4.69, 9.17) is 49.8 Å². The molecule has 16 heterocycles. The SMILES string of the molecule is c1ccc2c(c1)Cc1cc3c(cc1-2)-c1c(ccc2nc4c5cccnc5c5cccnc5n4c12)C3.c1ccc2c(c1)Cc1cc3c(cc1-2)-c1c(ccc2nc4c5ccncc5c5cccnc5n4c12)C3.c1ccc2c(c1)Cc1cc3c(cc1-2)-c1c(ccc2nc4c5cnccc5c5cccnc5n4c12)C3.c1ccc2c(c1)Cc1cc3c(cc1-2)-c1c(ccc2nc4c5ncccc5c5cccnc5n4c12)C3. The van der Waals surface area contributed by atoms with Gasteiger partial charge in [0.1, 0.15) is 45.0 Å². The van der Waals surface area contributed by atoms with Crippen molar-refractivity contribution in [3.8, 4) is 89.0 Å². The van der Waals surface area contributed by atoms with Crippen LogP contribution in [-0.2, 0) is 51.4 Å². The lowest BCUT2D eigenvalue weighted by Gasteiger charge is -2.10. The predicted molar refractivity (Wildman–Crippen MR) is 559 cm³/mol. The minimum absolute atomic E-state index is 0.871. The Kier molecular flexibility index (Phi) is 14.9. The summed E-state index contributed by atoms with van der Waals surface area (Å²) < 4.78 is 9.06. The maximum atomic E-state index is 5.15. The number of pyridine rings is 12. The zero-order valence-electron chi connectivity index (χ0n) is 75.1. The van der Waals surface area contributed by atoms with Gasteiger partial charge < -0.3 is 0 Å². The van der Waals surface area contributed by atoms with Crippen LogP contribution in [0.3, 0.4) is 0 Å². The van der Waals surface area contributed by atoms with Crippen LogP contribution in [0, 0.1) is 0 Å². The van der Waals surface area contributed by atoms with Crippen molar-refractivity contribution in [1.29, 1.82) is 0 Å². The molecule has 0 saturated carbocycles. The number of imidazole rings is 4. The van der Waals surface area contributed by atoms with E-state index >= 15 is 0 Å². The second-order valence-corrected chi connectivity index (χ2v) is 38.8. The molecule has 0 bridgehead atoms. The van der Waals surface area contributed by atoms with Gasteiger partial charge in [0, 0.05) is 133 Å². The monoisotopic (exact) mass is 1780 g/mol. The predicted octanol–water partition coefficient (Wildman–Crippen LogP) is 26.9. The van der Waals surface area contributed by atoms with Gasteiger partial charge >= 0.3 is 0 Å². The molecular weight excluding hydrogens is 1710 g/mol. The Balaban J connectivity index is 0.0000000829. The van der Waals surface area contributed by atoms with Crippen LogP contribution in [0.4, 0.5) is 0 Å². The molecule has 0 N–H and O–H groups in total. The van der Waals surface area contributed by atoms with Crippen LogP contribution >= 0.6 is 0 Å². The molecule has 8 aliphatic rings. The van der Waals surface area contributed by atoms with E-state index in [0.717, 1.165) is 206 Å². The van der Waals surface area contributed by atoms with Gasteiger partial charge in [-0.3, -0.25) is 37.5 Å². The highest BCUT2D eigenvalue weighted by Gasteiger charge is 2.36. The van der Waals surface area contributed by atoms with Gasteiger partial charge in [0.2, 0.25) is 0 Å². The first-order valence-electron chi connectivity index (χ1n) is 48.2. The van der Waals surface area contributed by atoms with Crippen molar-refractivity contribution in [1.82, 2.24) is 77.4 Å². The van der Waals surface area contributed by atoms with Crippen molar-refractivity contribution in [2.75, 3.05) is 0 Å². The highest BCUT2D eigenvalue weighted by molar-refractivity contribution is 6.19. The van der Waals surface area contributed by atoms with Gasteiger partial charge in [0.15, 0.2) is 5.65 Å². The van der Waals surface area contributed by atoms with Gasteiger partial charge in [-0.1, -0.05) is 152 Å². The summed E-state index contributed by atoms with van der Waals surface area (Å²) in [5, 5.41) is 10.9. The molecule has 0 atom stereocenters. The summed E-state index contributed by atoms with van der Waals surface area (Å²) in [6, 6.07) is 101. The summed E-state index contributed by atoms with van der Waals surface area (Å²) in [5.41, 5.74) is 61.8. The minimum atomic E-state index is 0.871. The lowest BCUT2D eigenvalue weighted by Crippen LogP contribution is -1.96. The van der Waals surface area contributed by atoms with E-state index < -0.39 is 0 Å². The largest absolute Gasteiger partial charge is 0.275 e. The Labute approximate surface area is 796 Å². The number of rotatable bonds is 0. The van der Waals surface area contributed by atoms with E-state index in [1.54, 1.807) is 0 Å². The molecule has 16 heteroatoms. The Morgan fingerprint density at radius 1 is 0.164 bits per heavy atom. The van der Waals surface area contributed by atoms with Crippen LogP contribution in [0.25, 0.3) is 243 Å². The fourth-order valence-electron chi connectivity index (χ4n) is 25.8.